The Morgan fingerprint density at radius 2 is 1.71 bits per heavy atom. The highest BCUT2D eigenvalue weighted by molar-refractivity contribution is 5.98. The lowest BCUT2D eigenvalue weighted by Crippen LogP contribution is -2.48. The van der Waals surface area contributed by atoms with Crippen LogP contribution in [0.4, 0.5) is 5.69 Å². The first-order chi connectivity index (χ1) is 25.3. The zero-order valence-corrected chi connectivity index (χ0v) is 29.5. The van der Waals surface area contributed by atoms with E-state index in [9.17, 15) is 14.4 Å². The number of nitrogens with one attached hydrogen (secondary N) is 4. The van der Waals surface area contributed by atoms with Gasteiger partial charge in [0.25, 0.3) is 5.91 Å². The second kappa shape index (κ2) is 19.6. The molecular weight excluding hydrogens is 664 g/mol. The average molecular weight is 713 g/mol. The summed E-state index contributed by atoms with van der Waals surface area (Å²) in [4.78, 5) is 40.1. The lowest BCUT2D eigenvalue weighted by atomic mass is 9.81. The molecule has 0 spiro atoms. The normalized spacial score (nSPS) is 16.2. The van der Waals surface area contributed by atoms with Crippen LogP contribution in [0.25, 0.3) is 22.5 Å². The number of tetrazole rings is 1. The third-order valence-electron chi connectivity index (χ3n) is 9.25. The summed E-state index contributed by atoms with van der Waals surface area (Å²) < 4.78 is 10.6. The smallest absolute Gasteiger partial charge is 0.251 e. The highest BCUT2D eigenvalue weighted by atomic mass is 16.5. The Hall–Kier alpha value is -5.02. The number of aromatic amines is 1. The fraction of sp³-hybridized carbons (Fsp3) is 0.421. The van der Waals surface area contributed by atoms with Gasteiger partial charge < -0.3 is 36.3 Å². The lowest BCUT2D eigenvalue weighted by Gasteiger charge is -2.28. The van der Waals surface area contributed by atoms with Gasteiger partial charge in [0, 0.05) is 35.7 Å². The molecule has 0 radical (unpaired) electrons. The van der Waals surface area contributed by atoms with E-state index in [1.165, 1.54) is 0 Å². The standard InChI is InChI=1S/C38H48N8O6/c1-25-21-31(36(48)40-15-17-51-19-20-52-18-16-47)11-14-33(25)30-4-2-3-27(22-30)23-34(42-37(49)29-7-5-26(24-39)6-8-29)38(50)41-32-12-9-28(10-13-32)35-43-45-46-44-35/h2-4,9-14,21-22,26,29,34,47H,5-8,15-20,23-24,39H2,1H3,(H,40,48)(H,41,50)(H,42,49)(H,43,44,45,46)/t26?,29?,34-/m0/s1. The third kappa shape index (κ3) is 11.0. The molecule has 1 fully saturated rings. The van der Waals surface area contributed by atoms with Crippen molar-refractivity contribution in [2.24, 2.45) is 17.6 Å². The molecule has 1 heterocycles. The molecule has 14 nitrogen and oxygen atoms in total. The molecule has 0 aliphatic heterocycles. The van der Waals surface area contributed by atoms with Crippen molar-refractivity contribution in [3.8, 4) is 22.5 Å². The fourth-order valence-electron chi connectivity index (χ4n) is 6.33. The number of hydrogen-bond acceptors (Lipinski definition) is 10. The van der Waals surface area contributed by atoms with E-state index >= 15 is 0 Å². The predicted molar refractivity (Wildman–Crippen MR) is 196 cm³/mol. The number of H-pyrrole nitrogens is 1. The molecule has 52 heavy (non-hydrogen) atoms. The molecule has 276 valence electrons. The Bertz CT molecular complexity index is 1740. The molecule has 1 aromatic heterocycles. The number of nitrogens with zero attached hydrogens (tertiary/aromatic N) is 3. The number of nitrogens with two attached hydrogens (primary N) is 1. The van der Waals surface area contributed by atoms with Crippen LogP contribution in [0.5, 0.6) is 0 Å². The van der Waals surface area contributed by atoms with Gasteiger partial charge in [-0.2, -0.15) is 5.21 Å². The van der Waals surface area contributed by atoms with E-state index in [0.29, 0.717) is 55.9 Å². The van der Waals surface area contributed by atoms with Crippen LogP contribution < -0.4 is 21.7 Å². The summed E-state index contributed by atoms with van der Waals surface area (Å²) >= 11 is 0. The first kappa shape index (κ1) is 38.2. The highest BCUT2D eigenvalue weighted by Crippen LogP contribution is 2.29. The Morgan fingerprint density at radius 3 is 2.40 bits per heavy atom. The van der Waals surface area contributed by atoms with E-state index in [1.807, 2.05) is 43.3 Å². The average Bonchev–Trinajstić information content (AvgIpc) is 3.71. The molecule has 0 saturated heterocycles. The van der Waals surface area contributed by atoms with Crippen LogP contribution in [0.3, 0.4) is 0 Å². The molecular formula is C38H48N8O6. The molecule has 4 aromatic rings. The molecule has 14 heteroatoms. The number of hydrogen-bond donors (Lipinski definition) is 6. The summed E-state index contributed by atoms with van der Waals surface area (Å²) in [6, 6.07) is 19.7. The SMILES string of the molecule is Cc1cc(C(=O)NCCOCCOCCO)ccc1-c1cccc(C[C@H](NC(=O)C2CCC(CN)CC2)C(=O)Nc2ccc(-c3nn[nH]n3)cc2)c1. The Kier molecular flexibility index (Phi) is 14.4. The van der Waals surface area contributed by atoms with E-state index in [4.69, 9.17) is 20.3 Å². The minimum absolute atomic E-state index is 0.0300. The van der Waals surface area contributed by atoms with Crippen molar-refractivity contribution in [3.05, 3.63) is 83.4 Å². The van der Waals surface area contributed by atoms with Crippen molar-refractivity contribution < 1.29 is 29.0 Å². The third-order valence-corrected chi connectivity index (χ3v) is 9.25. The summed E-state index contributed by atoms with van der Waals surface area (Å²) in [6.45, 7) is 4.28. The summed E-state index contributed by atoms with van der Waals surface area (Å²) in [7, 11) is 0. The highest BCUT2D eigenvalue weighted by Gasteiger charge is 2.29. The van der Waals surface area contributed by atoms with Crippen LogP contribution in [0.2, 0.25) is 0 Å². The summed E-state index contributed by atoms with van der Waals surface area (Å²) in [6.07, 6.45) is 3.57. The molecule has 1 saturated carbocycles. The molecule has 1 aliphatic carbocycles. The summed E-state index contributed by atoms with van der Waals surface area (Å²) in [5.41, 5.74) is 11.4. The molecule has 3 aromatic carbocycles. The van der Waals surface area contributed by atoms with Gasteiger partial charge in [0.2, 0.25) is 17.6 Å². The van der Waals surface area contributed by atoms with E-state index in [0.717, 1.165) is 53.5 Å². The quantitative estimate of drug-likeness (QED) is 0.0832. The van der Waals surface area contributed by atoms with Crippen molar-refractivity contribution in [2.45, 2.75) is 45.1 Å². The molecule has 1 atom stereocenters. The van der Waals surface area contributed by atoms with Gasteiger partial charge >= 0.3 is 0 Å². The topological polar surface area (TPSA) is 206 Å². The maximum absolute atomic E-state index is 13.8. The minimum atomic E-state index is -0.823. The van der Waals surface area contributed by atoms with Gasteiger partial charge in [-0.15, -0.1) is 10.2 Å². The van der Waals surface area contributed by atoms with Crippen LogP contribution >= 0.6 is 0 Å². The van der Waals surface area contributed by atoms with Crippen molar-refractivity contribution in [1.29, 1.82) is 0 Å². The number of carbonyl (C=O) groups excluding carboxylic acids is 3. The van der Waals surface area contributed by atoms with Crippen molar-refractivity contribution in [2.75, 3.05) is 51.4 Å². The number of aryl methyl sites for hydroxylation is 1. The second-order valence-corrected chi connectivity index (χ2v) is 13.0. The molecule has 1 aliphatic rings. The van der Waals surface area contributed by atoms with E-state index < -0.39 is 6.04 Å². The monoisotopic (exact) mass is 712 g/mol. The van der Waals surface area contributed by atoms with Gasteiger partial charge in [0.15, 0.2) is 0 Å². The van der Waals surface area contributed by atoms with Crippen LogP contribution in [0.15, 0.2) is 66.7 Å². The molecule has 0 bridgehead atoms. The van der Waals surface area contributed by atoms with Crippen LogP contribution in [-0.4, -0.2) is 95.6 Å². The number of rotatable bonds is 18. The van der Waals surface area contributed by atoms with E-state index in [-0.39, 0.29) is 43.3 Å². The van der Waals surface area contributed by atoms with Crippen LogP contribution in [0.1, 0.15) is 47.2 Å². The Morgan fingerprint density at radius 1 is 0.942 bits per heavy atom. The van der Waals surface area contributed by atoms with Crippen LogP contribution in [0, 0.1) is 18.8 Å². The molecule has 5 rings (SSSR count). The first-order valence-corrected chi connectivity index (χ1v) is 17.7. The number of anilines is 1. The number of aliphatic hydroxyl groups excluding tert-OH is 1. The van der Waals surface area contributed by atoms with Crippen molar-refractivity contribution in [1.82, 2.24) is 31.3 Å². The fourth-order valence-corrected chi connectivity index (χ4v) is 6.33. The Labute approximate surface area is 303 Å². The van der Waals surface area contributed by atoms with Gasteiger partial charge in [-0.25, -0.2) is 0 Å². The predicted octanol–water partition coefficient (Wildman–Crippen LogP) is 3.03. The number of ether oxygens (including phenoxy) is 2. The number of carbonyl (C=O) groups is 3. The maximum atomic E-state index is 13.8. The number of aromatic nitrogens is 4. The lowest BCUT2D eigenvalue weighted by molar-refractivity contribution is -0.130. The molecule has 0 unspecified atom stereocenters. The van der Waals surface area contributed by atoms with Gasteiger partial charge in [0.1, 0.15) is 6.04 Å². The summed E-state index contributed by atoms with van der Waals surface area (Å²) in [5, 5.41) is 31.6. The zero-order valence-electron chi connectivity index (χ0n) is 29.5. The maximum Gasteiger partial charge on any atom is 0.251 e. The number of amides is 3. The zero-order chi connectivity index (χ0) is 36.7. The second-order valence-electron chi connectivity index (χ2n) is 13.0. The first-order valence-electron chi connectivity index (χ1n) is 17.7. The van der Waals surface area contributed by atoms with Crippen LogP contribution in [-0.2, 0) is 25.5 Å². The van der Waals surface area contributed by atoms with Gasteiger partial charge in [-0.1, -0.05) is 30.3 Å². The molecule has 3 amide bonds. The Balaban J connectivity index is 1.25. The largest absolute Gasteiger partial charge is 0.394 e. The van der Waals surface area contributed by atoms with E-state index in [2.05, 4.69) is 36.6 Å². The molecule has 7 N–H and O–H groups in total. The van der Waals surface area contributed by atoms with Crippen molar-refractivity contribution in [3.63, 3.8) is 0 Å². The van der Waals surface area contributed by atoms with E-state index in [1.54, 1.807) is 30.3 Å². The van der Waals surface area contributed by atoms with Gasteiger partial charge in [0.05, 0.1) is 33.0 Å². The number of benzene rings is 3. The van der Waals surface area contributed by atoms with Crippen molar-refractivity contribution >= 4 is 23.4 Å². The van der Waals surface area contributed by atoms with Gasteiger partial charge in [-0.3, -0.25) is 14.4 Å². The minimum Gasteiger partial charge on any atom is -0.394 e. The van der Waals surface area contributed by atoms with Gasteiger partial charge in [-0.05, 0) is 109 Å². The number of aliphatic hydroxyl groups is 1. The summed E-state index contributed by atoms with van der Waals surface area (Å²) in [5.74, 6) is 0.0637.